The summed E-state index contributed by atoms with van der Waals surface area (Å²) < 4.78 is 13.5. The van der Waals surface area contributed by atoms with Gasteiger partial charge in [-0.25, -0.2) is 4.98 Å². The Morgan fingerprint density at radius 3 is 0.688 bits per heavy atom. The molecule has 8 aromatic heterocycles. The van der Waals surface area contributed by atoms with Crippen molar-refractivity contribution in [3.8, 4) is 57.9 Å². The molecule has 0 fully saturated rings. The minimum Gasteiger partial charge on any atom is -0.309 e. The van der Waals surface area contributed by atoms with Crippen molar-refractivity contribution in [2.24, 2.45) is 0 Å². The lowest BCUT2D eigenvalue weighted by Gasteiger charge is -2.14. The summed E-state index contributed by atoms with van der Waals surface area (Å²) in [6.07, 6.45) is 0. The highest BCUT2D eigenvalue weighted by atomic mass is 15.3. The van der Waals surface area contributed by atoms with E-state index in [4.69, 9.17) is 29.9 Å². The van der Waals surface area contributed by atoms with E-state index in [1.165, 1.54) is 21.5 Å². The van der Waals surface area contributed by atoms with Crippen LogP contribution in [0.2, 0.25) is 0 Å². The predicted octanol–water partition coefficient (Wildman–Crippen LogP) is 20.0. The van der Waals surface area contributed by atoms with Crippen LogP contribution in [0.3, 0.4) is 0 Å². The van der Waals surface area contributed by atoms with E-state index < -0.39 is 0 Å². The summed E-state index contributed by atoms with van der Waals surface area (Å²) in [5.41, 5.74) is 15.9. The summed E-state index contributed by atoms with van der Waals surface area (Å²) in [6, 6.07) is 107. The molecule has 12 nitrogen and oxygen atoms in total. The normalized spacial score (nSPS) is 12.2. The van der Waals surface area contributed by atoms with Gasteiger partial charge in [0.1, 0.15) is 0 Å². The topological polar surface area (TPSA) is 107 Å². The first-order chi connectivity index (χ1) is 47.6. The molecule has 21 rings (SSSR count). The van der Waals surface area contributed by atoms with Crippen LogP contribution in [-0.4, -0.2) is 57.3 Å². The van der Waals surface area contributed by atoms with Gasteiger partial charge in [-0.3, -0.25) is 18.3 Å². The third-order valence-corrected chi connectivity index (χ3v) is 19.5. The fraction of sp³-hybridized carbons (Fsp3) is 0. The van der Waals surface area contributed by atoms with Crippen LogP contribution >= 0.6 is 0 Å². The van der Waals surface area contributed by atoms with Crippen LogP contribution in [0.4, 0.5) is 0 Å². The zero-order valence-electron chi connectivity index (χ0n) is 51.2. The second kappa shape index (κ2) is 20.1. The molecule has 0 unspecified atom stereocenters. The maximum atomic E-state index is 5.62. The molecular formula is C84H50N12. The van der Waals surface area contributed by atoms with Gasteiger partial charge >= 0.3 is 0 Å². The van der Waals surface area contributed by atoms with Crippen LogP contribution in [-0.2, 0) is 0 Å². The first kappa shape index (κ1) is 52.3. The molecule has 0 aliphatic carbocycles. The molecule has 0 saturated carbocycles. The van der Waals surface area contributed by atoms with E-state index in [0.29, 0.717) is 35.4 Å². The van der Waals surface area contributed by atoms with Crippen molar-refractivity contribution in [1.82, 2.24) is 57.3 Å². The molecule has 8 heterocycles. The quantitative estimate of drug-likeness (QED) is 0.150. The van der Waals surface area contributed by atoms with E-state index >= 15 is 0 Å². The molecule has 13 aromatic carbocycles. The van der Waals surface area contributed by atoms with E-state index in [9.17, 15) is 0 Å². The fourth-order valence-corrected chi connectivity index (χ4v) is 15.6. The van der Waals surface area contributed by atoms with Crippen molar-refractivity contribution in [3.63, 3.8) is 0 Å². The van der Waals surface area contributed by atoms with Gasteiger partial charge in [-0.1, -0.05) is 206 Å². The van der Waals surface area contributed by atoms with Crippen molar-refractivity contribution in [2.45, 2.75) is 0 Å². The standard InChI is InChI=1S/C84H50N12/c1-11-37-65-55(27-1)56-28-2-12-38-66(56)91(65)53-25-21-23-51(49-53)79-85-80(52-24-22-26-54(50-52)92-67-39-13-3-29-57(67)58-30-4-14-40-68(58)92)87-81(86-79)95-73-45-19-9-35-63(73)77-75(95)47-48-76-78(77)64-36-10-20-46-74(64)96(76)84-89-82(93-69-41-15-5-31-59(69)60-32-6-16-42-70(60)93)88-83(90-84)94-71-43-17-7-33-61(71)62-34-8-18-44-72(62)94/h1-50H. The van der Waals surface area contributed by atoms with Gasteiger partial charge in [0.05, 0.1) is 66.2 Å². The Kier molecular flexibility index (Phi) is 10.9. The molecule has 0 saturated heterocycles. The lowest BCUT2D eigenvalue weighted by molar-refractivity contribution is 0.848. The number of para-hydroxylation sites is 10. The number of hydrogen-bond donors (Lipinski definition) is 0. The summed E-state index contributed by atoms with van der Waals surface area (Å²) in [6.45, 7) is 0. The van der Waals surface area contributed by atoms with E-state index in [-0.39, 0.29) is 0 Å². The molecular weight excluding hydrogens is 1180 g/mol. The monoisotopic (exact) mass is 1230 g/mol. The second-order valence-corrected chi connectivity index (χ2v) is 24.7. The molecule has 96 heavy (non-hydrogen) atoms. The van der Waals surface area contributed by atoms with Gasteiger partial charge in [0.15, 0.2) is 11.6 Å². The summed E-state index contributed by atoms with van der Waals surface area (Å²) in [5, 5.41) is 13.4. The van der Waals surface area contributed by atoms with Gasteiger partial charge in [-0.05, 0) is 97.1 Å². The van der Waals surface area contributed by atoms with E-state index in [1.807, 2.05) is 0 Å². The SMILES string of the molecule is c1cc(-c2nc(-c3cccc(-n4c5ccccc5c5ccccc54)c3)nc(-n3c4ccccc4c4c5c6ccccc6n(-c6nc(-n7c8ccccc8c8ccccc87)nc(-n7c8ccccc8c8ccccc87)n6)c5ccc43)n2)cc(-n2c3ccccc3c3ccccc32)c1. The molecule has 0 spiro atoms. The highest BCUT2D eigenvalue weighted by Crippen LogP contribution is 2.44. The van der Waals surface area contributed by atoms with Gasteiger partial charge in [0.25, 0.3) is 0 Å². The van der Waals surface area contributed by atoms with Gasteiger partial charge in [-0.15, -0.1) is 0 Å². The average Bonchev–Trinajstić information content (AvgIpc) is 1.54. The zero-order chi connectivity index (χ0) is 62.7. The Labute approximate surface area is 546 Å². The molecule has 0 aliphatic heterocycles. The van der Waals surface area contributed by atoms with Crippen molar-refractivity contribution >= 4 is 131 Å². The minimum absolute atomic E-state index is 0.478. The third-order valence-electron chi connectivity index (χ3n) is 19.5. The number of fused-ring (bicyclic) bond motifs is 19. The van der Waals surface area contributed by atoms with Gasteiger partial charge < -0.3 is 9.13 Å². The third kappa shape index (κ3) is 7.48. The lowest BCUT2D eigenvalue weighted by atomic mass is 10.1. The van der Waals surface area contributed by atoms with E-state index in [0.717, 1.165) is 132 Å². The highest BCUT2D eigenvalue weighted by Gasteiger charge is 2.27. The van der Waals surface area contributed by atoms with E-state index in [2.05, 4.69) is 331 Å². The van der Waals surface area contributed by atoms with Crippen LogP contribution < -0.4 is 0 Å². The smallest absolute Gasteiger partial charge is 0.241 e. The van der Waals surface area contributed by atoms with Crippen molar-refractivity contribution in [3.05, 3.63) is 303 Å². The van der Waals surface area contributed by atoms with Crippen LogP contribution in [0.1, 0.15) is 0 Å². The summed E-state index contributed by atoms with van der Waals surface area (Å²) in [5.74, 6) is 3.04. The van der Waals surface area contributed by atoms with Crippen LogP contribution in [0, 0.1) is 0 Å². The summed E-state index contributed by atoms with van der Waals surface area (Å²) in [4.78, 5) is 33.5. The number of rotatable bonds is 8. The van der Waals surface area contributed by atoms with Crippen molar-refractivity contribution < 1.29 is 0 Å². The Morgan fingerprint density at radius 1 is 0.167 bits per heavy atom. The van der Waals surface area contributed by atoms with Crippen LogP contribution in [0.5, 0.6) is 0 Å². The first-order valence-corrected chi connectivity index (χ1v) is 32.3. The number of aromatic nitrogens is 12. The molecule has 12 heteroatoms. The largest absolute Gasteiger partial charge is 0.309 e. The lowest BCUT2D eigenvalue weighted by Crippen LogP contribution is -2.13. The summed E-state index contributed by atoms with van der Waals surface area (Å²) in [7, 11) is 0. The molecule has 21 aromatic rings. The maximum absolute atomic E-state index is 5.62. The molecule has 0 atom stereocenters. The van der Waals surface area contributed by atoms with Gasteiger partial charge in [0.2, 0.25) is 23.8 Å². The van der Waals surface area contributed by atoms with Crippen molar-refractivity contribution in [1.29, 1.82) is 0 Å². The Balaban J connectivity index is 0.817. The molecule has 0 bridgehead atoms. The molecule has 0 N–H and O–H groups in total. The maximum Gasteiger partial charge on any atom is 0.241 e. The van der Waals surface area contributed by atoms with Crippen LogP contribution in [0.15, 0.2) is 303 Å². The summed E-state index contributed by atoms with van der Waals surface area (Å²) >= 11 is 0. The van der Waals surface area contributed by atoms with Gasteiger partial charge in [-0.2, -0.15) is 24.9 Å². The predicted molar refractivity (Wildman–Crippen MR) is 390 cm³/mol. The van der Waals surface area contributed by atoms with Gasteiger partial charge in [0, 0.05) is 87.1 Å². The Bertz CT molecular complexity index is 6350. The first-order valence-electron chi connectivity index (χ1n) is 32.3. The highest BCUT2D eigenvalue weighted by molar-refractivity contribution is 6.29. The number of benzene rings is 13. The zero-order valence-corrected chi connectivity index (χ0v) is 51.2. The average molecular weight is 1230 g/mol. The minimum atomic E-state index is 0.478. The fourth-order valence-electron chi connectivity index (χ4n) is 15.6. The molecule has 0 radical (unpaired) electrons. The van der Waals surface area contributed by atoms with E-state index in [1.54, 1.807) is 0 Å². The molecule has 446 valence electrons. The molecule has 0 amide bonds. The molecule has 0 aliphatic rings. The Hall–Kier alpha value is -13.3. The number of hydrogen-bond acceptors (Lipinski definition) is 6. The second-order valence-electron chi connectivity index (χ2n) is 24.7. The Morgan fingerprint density at radius 2 is 0.396 bits per heavy atom. The number of nitrogens with zero attached hydrogens (tertiary/aromatic N) is 12. The van der Waals surface area contributed by atoms with Crippen molar-refractivity contribution in [2.75, 3.05) is 0 Å². The van der Waals surface area contributed by atoms with Crippen LogP contribution in [0.25, 0.3) is 189 Å².